The maximum absolute atomic E-state index is 12.4. The van der Waals surface area contributed by atoms with Crippen LogP contribution in [0.1, 0.15) is 36.8 Å². The Morgan fingerprint density at radius 3 is 2.70 bits per heavy atom. The summed E-state index contributed by atoms with van der Waals surface area (Å²) in [5.74, 6) is 0.0721. The van der Waals surface area contributed by atoms with Crippen LogP contribution in [0.2, 0.25) is 0 Å². The molecule has 4 heteroatoms. The van der Waals surface area contributed by atoms with E-state index in [1.807, 2.05) is 17.0 Å². The molecular formula is C19H23N3O. The zero-order valence-corrected chi connectivity index (χ0v) is 13.7. The molecule has 120 valence electrons. The number of carbonyl (C=O) groups is 1. The molecule has 2 aliphatic rings. The Balaban J connectivity index is 1.59. The average Bonchev–Trinajstić information content (AvgIpc) is 2.94. The van der Waals surface area contributed by atoms with Gasteiger partial charge in [-0.15, -0.1) is 0 Å². The van der Waals surface area contributed by atoms with Crippen LogP contribution in [0.3, 0.4) is 0 Å². The average molecular weight is 309 g/mol. The molecule has 2 fully saturated rings. The van der Waals surface area contributed by atoms with Gasteiger partial charge in [0.2, 0.25) is 5.91 Å². The van der Waals surface area contributed by atoms with Crippen LogP contribution in [0.4, 0.5) is 0 Å². The van der Waals surface area contributed by atoms with E-state index in [0.717, 1.165) is 31.5 Å². The van der Waals surface area contributed by atoms with E-state index >= 15 is 0 Å². The van der Waals surface area contributed by atoms with Gasteiger partial charge in [0, 0.05) is 24.7 Å². The fourth-order valence-corrected chi connectivity index (χ4v) is 3.83. The lowest BCUT2D eigenvalue weighted by molar-refractivity contribution is -0.128. The van der Waals surface area contributed by atoms with E-state index in [4.69, 9.17) is 5.26 Å². The minimum Gasteiger partial charge on any atom is -0.339 e. The van der Waals surface area contributed by atoms with E-state index in [0.29, 0.717) is 11.1 Å². The van der Waals surface area contributed by atoms with Crippen LogP contribution in [0.15, 0.2) is 30.3 Å². The van der Waals surface area contributed by atoms with Crippen molar-refractivity contribution >= 4 is 12.0 Å². The lowest BCUT2D eigenvalue weighted by atomic mass is 9.85. The third kappa shape index (κ3) is 3.30. The van der Waals surface area contributed by atoms with Crippen molar-refractivity contribution in [2.24, 2.45) is 0 Å². The lowest BCUT2D eigenvalue weighted by Gasteiger charge is -2.43. The molecule has 1 aromatic rings. The van der Waals surface area contributed by atoms with Crippen molar-refractivity contribution in [3.63, 3.8) is 0 Å². The maximum Gasteiger partial charge on any atom is 0.246 e. The first kappa shape index (κ1) is 15.8. The van der Waals surface area contributed by atoms with Gasteiger partial charge in [-0.05, 0) is 63.0 Å². The SMILES string of the molecule is CN1CCCC12CCN(C(=O)/C=C/c1cccc(C#N)c1)CC2. The predicted octanol–water partition coefficient (Wildman–Crippen LogP) is 2.66. The summed E-state index contributed by atoms with van der Waals surface area (Å²) in [6.45, 7) is 2.86. The van der Waals surface area contributed by atoms with Gasteiger partial charge in [-0.25, -0.2) is 0 Å². The molecule has 23 heavy (non-hydrogen) atoms. The number of nitrogens with zero attached hydrogens (tertiary/aromatic N) is 3. The van der Waals surface area contributed by atoms with Gasteiger partial charge in [0.25, 0.3) is 0 Å². The molecule has 2 heterocycles. The highest BCUT2D eigenvalue weighted by Crippen LogP contribution is 2.37. The number of carbonyl (C=O) groups excluding carboxylic acids is 1. The normalized spacial score (nSPS) is 21.0. The largest absolute Gasteiger partial charge is 0.339 e. The number of hydrogen-bond acceptors (Lipinski definition) is 3. The number of hydrogen-bond donors (Lipinski definition) is 0. The number of amides is 1. The number of nitriles is 1. The first-order chi connectivity index (χ1) is 11.1. The molecule has 0 bridgehead atoms. The van der Waals surface area contributed by atoms with Crippen LogP contribution in [-0.2, 0) is 4.79 Å². The molecule has 1 amide bonds. The first-order valence-electron chi connectivity index (χ1n) is 8.31. The molecule has 0 unspecified atom stereocenters. The summed E-state index contributed by atoms with van der Waals surface area (Å²) in [4.78, 5) is 16.8. The van der Waals surface area contributed by atoms with Crippen LogP contribution >= 0.6 is 0 Å². The van der Waals surface area contributed by atoms with Gasteiger partial charge in [-0.2, -0.15) is 5.26 Å². The van der Waals surface area contributed by atoms with Crippen molar-refractivity contribution in [3.8, 4) is 6.07 Å². The monoisotopic (exact) mass is 309 g/mol. The third-order valence-electron chi connectivity index (χ3n) is 5.39. The van der Waals surface area contributed by atoms with Crippen LogP contribution in [0, 0.1) is 11.3 Å². The highest BCUT2D eigenvalue weighted by Gasteiger charge is 2.41. The summed E-state index contributed by atoms with van der Waals surface area (Å²) in [6.07, 6.45) is 8.13. The molecule has 0 aromatic heterocycles. The number of benzene rings is 1. The fraction of sp³-hybridized carbons (Fsp3) is 0.474. The van der Waals surface area contributed by atoms with Gasteiger partial charge < -0.3 is 9.80 Å². The Morgan fingerprint density at radius 1 is 1.26 bits per heavy atom. The van der Waals surface area contributed by atoms with E-state index in [1.54, 1.807) is 24.3 Å². The Bertz CT molecular complexity index is 651. The third-order valence-corrected chi connectivity index (χ3v) is 5.39. The van der Waals surface area contributed by atoms with E-state index in [-0.39, 0.29) is 5.91 Å². The van der Waals surface area contributed by atoms with E-state index in [1.165, 1.54) is 19.4 Å². The zero-order chi connectivity index (χ0) is 16.3. The first-order valence-corrected chi connectivity index (χ1v) is 8.31. The minimum absolute atomic E-state index is 0.0721. The van der Waals surface area contributed by atoms with Crippen molar-refractivity contribution < 1.29 is 4.79 Å². The predicted molar refractivity (Wildman–Crippen MR) is 90.6 cm³/mol. The molecule has 0 saturated carbocycles. The van der Waals surface area contributed by atoms with Gasteiger partial charge in [0.15, 0.2) is 0 Å². The summed E-state index contributed by atoms with van der Waals surface area (Å²) < 4.78 is 0. The molecule has 0 radical (unpaired) electrons. The molecule has 2 aliphatic heterocycles. The second-order valence-electron chi connectivity index (χ2n) is 6.65. The van der Waals surface area contributed by atoms with Gasteiger partial charge in [0.05, 0.1) is 11.6 Å². The Hall–Kier alpha value is -2.12. The van der Waals surface area contributed by atoms with Crippen molar-refractivity contribution in [1.29, 1.82) is 5.26 Å². The molecule has 1 spiro atoms. The fourth-order valence-electron chi connectivity index (χ4n) is 3.83. The Labute approximate surface area is 138 Å². The molecule has 1 aromatic carbocycles. The summed E-state index contributed by atoms with van der Waals surface area (Å²) in [6, 6.07) is 9.42. The van der Waals surface area contributed by atoms with Gasteiger partial charge in [-0.1, -0.05) is 12.1 Å². The van der Waals surface area contributed by atoms with Gasteiger partial charge >= 0.3 is 0 Å². The minimum atomic E-state index is 0.0721. The zero-order valence-electron chi connectivity index (χ0n) is 13.7. The van der Waals surface area contributed by atoms with Crippen LogP contribution < -0.4 is 0 Å². The number of piperidine rings is 1. The quantitative estimate of drug-likeness (QED) is 0.789. The van der Waals surface area contributed by atoms with Gasteiger partial charge in [0.1, 0.15) is 0 Å². The lowest BCUT2D eigenvalue weighted by Crippen LogP contribution is -2.51. The topological polar surface area (TPSA) is 47.3 Å². The number of rotatable bonds is 2. The molecule has 0 aliphatic carbocycles. The molecule has 3 rings (SSSR count). The second-order valence-corrected chi connectivity index (χ2v) is 6.65. The maximum atomic E-state index is 12.4. The molecular weight excluding hydrogens is 286 g/mol. The number of likely N-dealkylation sites (tertiary alicyclic amines) is 2. The Kier molecular flexibility index (Phi) is 4.49. The molecule has 0 N–H and O–H groups in total. The van der Waals surface area contributed by atoms with Crippen molar-refractivity contribution in [2.75, 3.05) is 26.7 Å². The van der Waals surface area contributed by atoms with Crippen LogP contribution in [-0.4, -0.2) is 47.9 Å². The summed E-state index contributed by atoms with van der Waals surface area (Å²) in [7, 11) is 2.21. The molecule has 0 atom stereocenters. The van der Waals surface area contributed by atoms with E-state index in [2.05, 4.69) is 18.0 Å². The summed E-state index contributed by atoms with van der Waals surface area (Å²) in [5, 5.41) is 8.91. The van der Waals surface area contributed by atoms with Crippen molar-refractivity contribution in [3.05, 3.63) is 41.5 Å². The highest BCUT2D eigenvalue weighted by molar-refractivity contribution is 5.91. The smallest absolute Gasteiger partial charge is 0.246 e. The Morgan fingerprint density at radius 2 is 2.04 bits per heavy atom. The molecule has 2 saturated heterocycles. The van der Waals surface area contributed by atoms with Crippen LogP contribution in [0.25, 0.3) is 6.08 Å². The summed E-state index contributed by atoms with van der Waals surface area (Å²) in [5.41, 5.74) is 1.84. The summed E-state index contributed by atoms with van der Waals surface area (Å²) >= 11 is 0. The standard InChI is InChI=1S/C19H23N3O/c1-21-11-3-8-19(21)9-12-22(13-10-19)18(23)7-6-16-4-2-5-17(14-16)15-20/h2,4-7,14H,3,8-13H2,1H3/b7-6+. The van der Waals surface area contributed by atoms with E-state index in [9.17, 15) is 4.79 Å². The highest BCUT2D eigenvalue weighted by atomic mass is 16.2. The van der Waals surface area contributed by atoms with Gasteiger partial charge in [-0.3, -0.25) is 4.79 Å². The van der Waals surface area contributed by atoms with Crippen molar-refractivity contribution in [2.45, 2.75) is 31.2 Å². The van der Waals surface area contributed by atoms with E-state index < -0.39 is 0 Å². The second kappa shape index (κ2) is 6.55. The van der Waals surface area contributed by atoms with Crippen LogP contribution in [0.5, 0.6) is 0 Å². The molecule has 4 nitrogen and oxygen atoms in total. The van der Waals surface area contributed by atoms with Crippen molar-refractivity contribution in [1.82, 2.24) is 9.80 Å².